The highest BCUT2D eigenvalue weighted by Crippen LogP contribution is 2.17. The highest BCUT2D eigenvalue weighted by molar-refractivity contribution is 5.75. The van der Waals surface area contributed by atoms with Crippen molar-refractivity contribution in [3.8, 4) is 0 Å². The fraction of sp³-hybridized carbons (Fsp3) is 0.333. The van der Waals surface area contributed by atoms with Gasteiger partial charge in [-0.05, 0) is 25.0 Å². The molecule has 0 spiro atoms. The van der Waals surface area contributed by atoms with Crippen LogP contribution in [0.5, 0.6) is 0 Å². The van der Waals surface area contributed by atoms with Crippen molar-refractivity contribution in [3.63, 3.8) is 0 Å². The fourth-order valence-corrected chi connectivity index (χ4v) is 2.54. The molecule has 0 bridgehead atoms. The lowest BCUT2D eigenvalue weighted by Crippen LogP contribution is -2.06. The third-order valence-electron chi connectivity index (χ3n) is 3.61. The molecule has 2 aromatic heterocycles. The average Bonchev–Trinajstić information content (AvgIpc) is 3.03. The van der Waals surface area contributed by atoms with Gasteiger partial charge in [0, 0.05) is 25.5 Å². The molecule has 0 aliphatic heterocycles. The number of aryl methyl sites for hydroxylation is 3. The lowest BCUT2D eigenvalue weighted by Gasteiger charge is -2.08. The summed E-state index contributed by atoms with van der Waals surface area (Å²) in [4.78, 5) is 8.58. The molecule has 5 nitrogen and oxygen atoms in total. The molecule has 0 atom stereocenters. The van der Waals surface area contributed by atoms with Crippen LogP contribution in [0.3, 0.4) is 0 Å². The standard InChI is InChI=1S/C15H18N4O/c1-18-11-16-9-12(18)5-4-8-19-14-7-3-2-6-13(14)17-15(19)10-20/h2-3,6-7,9,11,20H,4-5,8,10H2,1H3. The number of nitrogens with zero attached hydrogens (tertiary/aromatic N) is 4. The zero-order valence-electron chi connectivity index (χ0n) is 11.5. The van der Waals surface area contributed by atoms with Crippen LogP contribution in [0, 0.1) is 0 Å². The molecule has 2 heterocycles. The summed E-state index contributed by atoms with van der Waals surface area (Å²) in [6, 6.07) is 8.00. The van der Waals surface area contributed by atoms with Crippen molar-refractivity contribution in [2.75, 3.05) is 0 Å². The Balaban J connectivity index is 1.78. The van der Waals surface area contributed by atoms with Gasteiger partial charge in [0.2, 0.25) is 0 Å². The summed E-state index contributed by atoms with van der Waals surface area (Å²) in [6.07, 6.45) is 5.68. The van der Waals surface area contributed by atoms with Crippen molar-refractivity contribution in [3.05, 3.63) is 48.3 Å². The molecular formula is C15H18N4O. The van der Waals surface area contributed by atoms with E-state index in [-0.39, 0.29) is 6.61 Å². The number of fused-ring (bicyclic) bond motifs is 1. The highest BCUT2D eigenvalue weighted by Gasteiger charge is 2.09. The van der Waals surface area contributed by atoms with E-state index >= 15 is 0 Å². The molecule has 0 radical (unpaired) electrons. The van der Waals surface area contributed by atoms with Crippen LogP contribution in [0.1, 0.15) is 17.9 Å². The number of hydrogen-bond acceptors (Lipinski definition) is 3. The van der Waals surface area contributed by atoms with Crippen molar-refractivity contribution in [1.29, 1.82) is 0 Å². The Bertz CT molecular complexity index is 714. The molecule has 0 amide bonds. The number of aromatic nitrogens is 4. The zero-order valence-corrected chi connectivity index (χ0v) is 11.5. The van der Waals surface area contributed by atoms with Crippen molar-refractivity contribution >= 4 is 11.0 Å². The summed E-state index contributed by atoms with van der Waals surface area (Å²) in [5.74, 6) is 0.733. The summed E-state index contributed by atoms with van der Waals surface area (Å²) < 4.78 is 4.14. The van der Waals surface area contributed by atoms with Crippen LogP contribution in [0.4, 0.5) is 0 Å². The molecule has 0 aliphatic rings. The van der Waals surface area contributed by atoms with Crippen molar-refractivity contribution in [1.82, 2.24) is 19.1 Å². The van der Waals surface area contributed by atoms with Crippen LogP contribution in [-0.4, -0.2) is 24.2 Å². The van der Waals surface area contributed by atoms with E-state index in [1.54, 1.807) is 0 Å². The Hall–Kier alpha value is -2.14. The minimum atomic E-state index is -0.0274. The Kier molecular flexibility index (Phi) is 3.52. The molecule has 3 rings (SSSR count). The van der Waals surface area contributed by atoms with Crippen LogP contribution < -0.4 is 0 Å². The Morgan fingerprint density at radius 2 is 2.10 bits per heavy atom. The molecule has 0 aliphatic carbocycles. The number of aliphatic hydroxyl groups excluding tert-OH is 1. The van der Waals surface area contributed by atoms with Gasteiger partial charge < -0.3 is 14.2 Å². The first kappa shape index (κ1) is 12.9. The molecule has 0 unspecified atom stereocenters. The molecule has 0 saturated carbocycles. The first-order valence-electron chi connectivity index (χ1n) is 6.80. The summed E-state index contributed by atoms with van der Waals surface area (Å²) >= 11 is 0. The number of benzene rings is 1. The van der Waals surface area contributed by atoms with Gasteiger partial charge in [0.05, 0.1) is 17.4 Å². The van der Waals surface area contributed by atoms with Gasteiger partial charge in [0.15, 0.2) is 0 Å². The molecule has 0 saturated heterocycles. The van der Waals surface area contributed by atoms with Crippen molar-refractivity contribution in [2.45, 2.75) is 26.0 Å². The monoisotopic (exact) mass is 270 g/mol. The van der Waals surface area contributed by atoms with E-state index in [4.69, 9.17) is 0 Å². The molecular weight excluding hydrogens is 252 g/mol. The van der Waals surface area contributed by atoms with Gasteiger partial charge >= 0.3 is 0 Å². The first-order valence-corrected chi connectivity index (χ1v) is 6.80. The van der Waals surface area contributed by atoms with E-state index in [0.717, 1.165) is 36.2 Å². The van der Waals surface area contributed by atoms with Gasteiger partial charge in [-0.2, -0.15) is 0 Å². The summed E-state index contributed by atoms with van der Waals surface area (Å²) in [6.45, 7) is 0.821. The summed E-state index contributed by atoms with van der Waals surface area (Å²) in [5.41, 5.74) is 3.25. The SMILES string of the molecule is Cn1cncc1CCCn1c(CO)nc2ccccc21. The lowest BCUT2D eigenvalue weighted by molar-refractivity contribution is 0.265. The van der Waals surface area contributed by atoms with E-state index in [2.05, 4.69) is 14.5 Å². The van der Waals surface area contributed by atoms with Crippen LogP contribution in [-0.2, 0) is 26.6 Å². The van der Waals surface area contributed by atoms with E-state index in [1.807, 2.05) is 48.4 Å². The number of aliphatic hydroxyl groups is 1. The number of para-hydroxylation sites is 2. The van der Waals surface area contributed by atoms with Crippen LogP contribution in [0.15, 0.2) is 36.8 Å². The van der Waals surface area contributed by atoms with E-state index < -0.39 is 0 Å². The molecule has 1 N–H and O–H groups in total. The normalized spacial score (nSPS) is 11.3. The van der Waals surface area contributed by atoms with Crippen molar-refractivity contribution in [2.24, 2.45) is 7.05 Å². The van der Waals surface area contributed by atoms with Gasteiger partial charge in [-0.1, -0.05) is 12.1 Å². The second kappa shape index (κ2) is 5.46. The molecule has 5 heteroatoms. The largest absolute Gasteiger partial charge is 0.388 e. The minimum Gasteiger partial charge on any atom is -0.388 e. The number of hydrogen-bond donors (Lipinski definition) is 1. The second-order valence-corrected chi connectivity index (χ2v) is 4.93. The van der Waals surface area contributed by atoms with Crippen LogP contribution in [0.2, 0.25) is 0 Å². The maximum absolute atomic E-state index is 9.45. The first-order chi connectivity index (χ1) is 9.79. The lowest BCUT2D eigenvalue weighted by atomic mass is 10.2. The summed E-state index contributed by atoms with van der Waals surface area (Å²) in [7, 11) is 2.01. The third-order valence-corrected chi connectivity index (χ3v) is 3.61. The third kappa shape index (κ3) is 2.32. The minimum absolute atomic E-state index is 0.0274. The Morgan fingerprint density at radius 3 is 2.85 bits per heavy atom. The topological polar surface area (TPSA) is 55.9 Å². The molecule has 3 aromatic rings. The quantitative estimate of drug-likeness (QED) is 0.770. The zero-order chi connectivity index (χ0) is 13.9. The molecule has 1 aromatic carbocycles. The summed E-state index contributed by atoms with van der Waals surface area (Å²) in [5, 5.41) is 9.45. The van der Waals surface area contributed by atoms with Crippen LogP contribution in [0.25, 0.3) is 11.0 Å². The van der Waals surface area contributed by atoms with E-state index in [1.165, 1.54) is 5.69 Å². The molecule has 20 heavy (non-hydrogen) atoms. The Labute approximate surface area is 117 Å². The molecule has 104 valence electrons. The maximum atomic E-state index is 9.45. The van der Waals surface area contributed by atoms with E-state index in [9.17, 15) is 5.11 Å². The Morgan fingerprint density at radius 1 is 1.25 bits per heavy atom. The van der Waals surface area contributed by atoms with Gasteiger partial charge in [-0.25, -0.2) is 9.97 Å². The van der Waals surface area contributed by atoms with Gasteiger partial charge in [0.1, 0.15) is 12.4 Å². The molecule has 0 fully saturated rings. The van der Waals surface area contributed by atoms with E-state index in [0.29, 0.717) is 0 Å². The number of imidazole rings is 2. The fourth-order valence-electron chi connectivity index (χ4n) is 2.54. The highest BCUT2D eigenvalue weighted by atomic mass is 16.3. The predicted octanol–water partition coefficient (Wildman–Crippen LogP) is 1.89. The van der Waals surface area contributed by atoms with Gasteiger partial charge in [-0.15, -0.1) is 0 Å². The maximum Gasteiger partial charge on any atom is 0.135 e. The second-order valence-electron chi connectivity index (χ2n) is 4.93. The smallest absolute Gasteiger partial charge is 0.135 e. The van der Waals surface area contributed by atoms with Gasteiger partial charge in [-0.3, -0.25) is 0 Å². The van der Waals surface area contributed by atoms with Gasteiger partial charge in [0.25, 0.3) is 0 Å². The predicted molar refractivity (Wildman–Crippen MR) is 77.2 cm³/mol. The van der Waals surface area contributed by atoms with Crippen molar-refractivity contribution < 1.29 is 5.11 Å². The number of rotatable bonds is 5. The average molecular weight is 270 g/mol. The van der Waals surface area contributed by atoms with Crippen LogP contribution >= 0.6 is 0 Å².